The van der Waals surface area contributed by atoms with E-state index in [2.05, 4.69) is 10.6 Å². The molecule has 0 bridgehead atoms. The summed E-state index contributed by atoms with van der Waals surface area (Å²) in [5.41, 5.74) is 0.256. The van der Waals surface area contributed by atoms with E-state index in [0.29, 0.717) is 5.56 Å². The molecule has 6 nitrogen and oxygen atoms in total. The molecule has 2 rings (SSSR count). The predicted octanol–water partition coefficient (Wildman–Crippen LogP) is 4.63. The normalized spacial score (nSPS) is 17.4. The van der Waals surface area contributed by atoms with Gasteiger partial charge < -0.3 is 15.7 Å². The second kappa shape index (κ2) is 10.4. The van der Waals surface area contributed by atoms with Gasteiger partial charge in [-0.1, -0.05) is 26.8 Å². The molecule has 1 aliphatic rings. The van der Waals surface area contributed by atoms with Crippen LogP contribution in [-0.2, 0) is 19.8 Å². The summed E-state index contributed by atoms with van der Waals surface area (Å²) < 4.78 is 41.7. The number of carbonyl (C=O) groups is 3. The number of hydrogen-bond acceptors (Lipinski definition) is 3. The third kappa shape index (κ3) is 7.53. The smallest absolute Gasteiger partial charge is 0.303 e. The van der Waals surface area contributed by atoms with Crippen molar-refractivity contribution in [2.75, 3.05) is 5.32 Å². The lowest BCUT2D eigenvalue weighted by atomic mass is 9.81. The van der Waals surface area contributed by atoms with Crippen LogP contribution in [0.4, 0.5) is 18.9 Å². The Hall–Kier alpha value is -2.58. The van der Waals surface area contributed by atoms with Crippen LogP contribution in [0.3, 0.4) is 0 Å². The van der Waals surface area contributed by atoms with Crippen LogP contribution in [0.25, 0.3) is 0 Å². The standard InChI is InChI=1S/C23H31F3N2O4/c1-22(2,3)16-8-7-15(13-17(16)24)27-21(32)20(14-9-11-23(25,26)12-10-14)28-18(29)5-4-6-19(30)31/h7-8,13-14,20H,4-6,9-12H2,1-3H3,(H,27,32)(H,28,29)(H,30,31). The van der Waals surface area contributed by atoms with E-state index in [4.69, 9.17) is 5.11 Å². The van der Waals surface area contributed by atoms with Crippen LogP contribution in [0.5, 0.6) is 0 Å². The zero-order chi connectivity index (χ0) is 24.1. The second-order valence-electron chi connectivity index (χ2n) is 9.42. The van der Waals surface area contributed by atoms with Gasteiger partial charge in [-0.3, -0.25) is 14.4 Å². The molecule has 1 unspecified atom stereocenters. The minimum atomic E-state index is -2.80. The van der Waals surface area contributed by atoms with Crippen molar-refractivity contribution in [2.24, 2.45) is 5.92 Å². The highest BCUT2D eigenvalue weighted by Gasteiger charge is 2.40. The van der Waals surface area contributed by atoms with Crippen molar-refractivity contribution in [1.29, 1.82) is 0 Å². The first-order valence-corrected chi connectivity index (χ1v) is 10.8. The van der Waals surface area contributed by atoms with Gasteiger partial charge in [0.1, 0.15) is 11.9 Å². The molecular weight excluding hydrogens is 425 g/mol. The number of nitrogens with one attached hydrogen (secondary N) is 2. The zero-order valence-corrected chi connectivity index (χ0v) is 18.6. The molecule has 0 aliphatic heterocycles. The number of alkyl halides is 2. The fourth-order valence-electron chi connectivity index (χ4n) is 3.86. The van der Waals surface area contributed by atoms with Crippen molar-refractivity contribution in [3.63, 3.8) is 0 Å². The van der Waals surface area contributed by atoms with Gasteiger partial charge in [0.05, 0.1) is 0 Å². The van der Waals surface area contributed by atoms with Crippen molar-refractivity contribution in [3.8, 4) is 0 Å². The van der Waals surface area contributed by atoms with Crippen LogP contribution in [0, 0.1) is 11.7 Å². The molecule has 0 saturated heterocycles. The Labute approximate surface area is 186 Å². The van der Waals surface area contributed by atoms with Crippen LogP contribution < -0.4 is 10.6 Å². The molecule has 3 N–H and O–H groups in total. The van der Waals surface area contributed by atoms with Gasteiger partial charge in [-0.25, -0.2) is 13.2 Å². The molecule has 32 heavy (non-hydrogen) atoms. The maximum absolute atomic E-state index is 14.5. The summed E-state index contributed by atoms with van der Waals surface area (Å²) in [4.78, 5) is 35.9. The largest absolute Gasteiger partial charge is 0.481 e. The SMILES string of the molecule is CC(C)(C)c1ccc(NC(=O)C(NC(=O)CCCC(=O)O)C2CCC(F)(F)CC2)cc1F. The molecule has 1 aromatic carbocycles. The molecule has 0 spiro atoms. The highest BCUT2D eigenvalue weighted by atomic mass is 19.3. The fourth-order valence-corrected chi connectivity index (χ4v) is 3.86. The Morgan fingerprint density at radius 3 is 2.31 bits per heavy atom. The van der Waals surface area contributed by atoms with Gasteiger partial charge >= 0.3 is 5.97 Å². The molecule has 2 amide bonds. The number of rotatable bonds is 8. The number of halogens is 3. The summed E-state index contributed by atoms with van der Waals surface area (Å²) in [6.45, 7) is 5.58. The topological polar surface area (TPSA) is 95.5 Å². The van der Waals surface area contributed by atoms with E-state index in [-0.39, 0.29) is 50.6 Å². The molecule has 0 aromatic heterocycles. The Bertz CT molecular complexity index is 842. The van der Waals surface area contributed by atoms with Crippen LogP contribution in [-0.4, -0.2) is 34.9 Å². The summed E-state index contributed by atoms with van der Waals surface area (Å²) in [6, 6.07) is 3.25. The number of benzene rings is 1. The lowest BCUT2D eigenvalue weighted by molar-refractivity contribution is -0.137. The molecule has 9 heteroatoms. The minimum Gasteiger partial charge on any atom is -0.481 e. The number of anilines is 1. The van der Waals surface area contributed by atoms with E-state index < -0.39 is 46.9 Å². The first-order valence-electron chi connectivity index (χ1n) is 10.8. The van der Waals surface area contributed by atoms with Gasteiger partial charge in [0.25, 0.3) is 0 Å². The highest BCUT2D eigenvalue weighted by Crippen LogP contribution is 2.38. The van der Waals surface area contributed by atoms with Crippen molar-refractivity contribution in [1.82, 2.24) is 5.32 Å². The first kappa shape index (κ1) is 25.7. The predicted molar refractivity (Wildman–Crippen MR) is 114 cm³/mol. The average Bonchev–Trinajstić information content (AvgIpc) is 2.65. The maximum Gasteiger partial charge on any atom is 0.303 e. The molecule has 1 saturated carbocycles. The van der Waals surface area contributed by atoms with E-state index in [1.54, 1.807) is 12.1 Å². The quantitative estimate of drug-likeness (QED) is 0.532. The van der Waals surface area contributed by atoms with E-state index in [1.807, 2.05) is 20.8 Å². The molecule has 0 heterocycles. The number of hydrogen-bond donors (Lipinski definition) is 3. The Balaban J connectivity index is 2.13. The Morgan fingerprint density at radius 1 is 1.16 bits per heavy atom. The van der Waals surface area contributed by atoms with Gasteiger partial charge in [0.2, 0.25) is 17.7 Å². The van der Waals surface area contributed by atoms with Gasteiger partial charge in [-0.2, -0.15) is 0 Å². The number of carboxylic acid groups (broad SMARTS) is 1. The molecule has 1 fully saturated rings. The summed E-state index contributed by atoms with van der Waals surface area (Å²) >= 11 is 0. The lowest BCUT2D eigenvalue weighted by Crippen LogP contribution is -2.50. The van der Waals surface area contributed by atoms with Gasteiger partial charge in [-0.15, -0.1) is 0 Å². The third-order valence-electron chi connectivity index (χ3n) is 5.67. The highest BCUT2D eigenvalue weighted by molar-refractivity contribution is 5.97. The second-order valence-corrected chi connectivity index (χ2v) is 9.42. The molecule has 178 valence electrons. The minimum absolute atomic E-state index is 0.0534. The van der Waals surface area contributed by atoms with Crippen molar-refractivity contribution < 1.29 is 32.7 Å². The van der Waals surface area contributed by atoms with Crippen molar-refractivity contribution in [3.05, 3.63) is 29.6 Å². The van der Waals surface area contributed by atoms with Crippen LogP contribution in [0.1, 0.15) is 71.3 Å². The summed E-state index contributed by atoms with van der Waals surface area (Å²) in [6.07, 6.45) is -0.864. The van der Waals surface area contributed by atoms with Crippen LogP contribution >= 0.6 is 0 Å². The van der Waals surface area contributed by atoms with Crippen LogP contribution in [0.2, 0.25) is 0 Å². The third-order valence-corrected chi connectivity index (χ3v) is 5.67. The number of amides is 2. The van der Waals surface area contributed by atoms with E-state index >= 15 is 0 Å². The van der Waals surface area contributed by atoms with Crippen LogP contribution in [0.15, 0.2) is 18.2 Å². The zero-order valence-electron chi connectivity index (χ0n) is 18.6. The lowest BCUT2D eigenvalue weighted by Gasteiger charge is -2.33. The fraction of sp³-hybridized carbons (Fsp3) is 0.609. The Kier molecular flexibility index (Phi) is 8.31. The van der Waals surface area contributed by atoms with Gasteiger partial charge in [0, 0.05) is 31.4 Å². The Morgan fingerprint density at radius 2 is 1.78 bits per heavy atom. The number of carboxylic acids is 1. The molecular formula is C23H31F3N2O4. The number of carbonyl (C=O) groups excluding carboxylic acids is 2. The van der Waals surface area contributed by atoms with Gasteiger partial charge in [-0.05, 0) is 48.3 Å². The molecule has 1 atom stereocenters. The van der Waals surface area contributed by atoms with Gasteiger partial charge in [0.15, 0.2) is 0 Å². The van der Waals surface area contributed by atoms with Crippen molar-refractivity contribution in [2.45, 2.75) is 83.1 Å². The van der Waals surface area contributed by atoms with E-state index in [1.165, 1.54) is 6.07 Å². The number of aliphatic carboxylic acids is 1. The summed E-state index contributed by atoms with van der Waals surface area (Å²) in [5, 5.41) is 13.9. The van der Waals surface area contributed by atoms with E-state index in [9.17, 15) is 27.6 Å². The summed E-state index contributed by atoms with van der Waals surface area (Å²) in [7, 11) is 0. The first-order chi connectivity index (χ1) is 14.8. The summed E-state index contributed by atoms with van der Waals surface area (Å²) in [5.74, 6) is -5.97. The average molecular weight is 457 g/mol. The molecule has 1 aromatic rings. The maximum atomic E-state index is 14.5. The monoisotopic (exact) mass is 456 g/mol. The molecule has 1 aliphatic carbocycles. The van der Waals surface area contributed by atoms with E-state index in [0.717, 1.165) is 0 Å². The van der Waals surface area contributed by atoms with Crippen molar-refractivity contribution >= 4 is 23.5 Å². The molecule has 0 radical (unpaired) electrons.